The third-order valence-corrected chi connectivity index (χ3v) is 5.15. The molecule has 5 nitrogen and oxygen atoms in total. The van der Waals surface area contributed by atoms with Crippen LogP contribution in [-0.2, 0) is 16.0 Å². The first-order valence-electron chi connectivity index (χ1n) is 10.4. The number of methoxy groups -OCH3 is 1. The molecule has 0 saturated heterocycles. The van der Waals surface area contributed by atoms with Crippen LogP contribution in [0.5, 0.6) is 0 Å². The fourth-order valence-electron chi connectivity index (χ4n) is 3.78. The molecule has 2 heterocycles. The van der Waals surface area contributed by atoms with Gasteiger partial charge in [0.1, 0.15) is 0 Å². The molecule has 1 aliphatic rings. The van der Waals surface area contributed by atoms with Crippen LogP contribution >= 0.6 is 0 Å². The molecule has 0 amide bonds. The molecule has 0 unspecified atom stereocenters. The van der Waals surface area contributed by atoms with Crippen molar-refractivity contribution in [1.29, 1.82) is 0 Å². The largest absolute Gasteiger partial charge is 0.464 e. The third-order valence-electron chi connectivity index (χ3n) is 5.15. The summed E-state index contributed by atoms with van der Waals surface area (Å²) in [6.45, 7) is 8.00. The van der Waals surface area contributed by atoms with Gasteiger partial charge in [-0.3, -0.25) is 4.98 Å². The second kappa shape index (κ2) is 9.53. The SMILES string of the molecule is C/C=N\N1C(C(=O)OC)=C(C)c2cnc(-c3cccc(CCC)c3)cc2/C1=C\CC. The number of ether oxygens (including phenoxy) is 1. The van der Waals surface area contributed by atoms with Gasteiger partial charge in [0.05, 0.1) is 18.5 Å². The Bertz CT molecular complexity index is 1030. The number of carbonyl (C=O) groups is 1. The van der Waals surface area contributed by atoms with Crippen molar-refractivity contribution in [2.45, 2.75) is 47.0 Å². The summed E-state index contributed by atoms with van der Waals surface area (Å²) in [5.41, 5.74) is 7.32. The number of allylic oxidation sites excluding steroid dienone is 2. The zero-order valence-electron chi connectivity index (χ0n) is 18.4. The summed E-state index contributed by atoms with van der Waals surface area (Å²) in [5.74, 6) is -0.415. The number of aryl methyl sites for hydroxylation is 1. The van der Waals surface area contributed by atoms with Crippen LogP contribution in [-0.4, -0.2) is 29.3 Å². The molecular weight excluding hydrogens is 374 g/mol. The van der Waals surface area contributed by atoms with Crippen LogP contribution in [0.25, 0.3) is 22.5 Å². The van der Waals surface area contributed by atoms with Crippen LogP contribution in [0.1, 0.15) is 57.2 Å². The van der Waals surface area contributed by atoms with E-state index in [9.17, 15) is 4.79 Å². The summed E-state index contributed by atoms with van der Waals surface area (Å²) in [6.07, 6.45) is 8.57. The summed E-state index contributed by atoms with van der Waals surface area (Å²) in [4.78, 5) is 17.3. The van der Waals surface area contributed by atoms with E-state index in [1.807, 2.05) is 20.0 Å². The van der Waals surface area contributed by atoms with Gasteiger partial charge in [-0.25, -0.2) is 9.80 Å². The van der Waals surface area contributed by atoms with E-state index < -0.39 is 5.97 Å². The molecule has 1 aromatic carbocycles. The molecule has 0 N–H and O–H groups in total. The summed E-state index contributed by atoms with van der Waals surface area (Å²) >= 11 is 0. The first-order chi connectivity index (χ1) is 14.5. The van der Waals surface area contributed by atoms with Gasteiger partial charge < -0.3 is 4.74 Å². The van der Waals surface area contributed by atoms with Gasteiger partial charge in [-0.1, -0.05) is 44.5 Å². The van der Waals surface area contributed by atoms with Crippen molar-refractivity contribution in [3.8, 4) is 11.3 Å². The number of esters is 1. The number of hydrazone groups is 1. The molecule has 0 spiro atoms. The fraction of sp³-hybridized carbons (Fsp3) is 0.320. The number of fused-ring (bicyclic) bond motifs is 1. The maximum absolute atomic E-state index is 12.6. The van der Waals surface area contributed by atoms with Crippen LogP contribution < -0.4 is 0 Å². The second-order valence-electron chi connectivity index (χ2n) is 7.21. The summed E-state index contributed by atoms with van der Waals surface area (Å²) in [5, 5.41) is 6.17. The molecule has 1 aromatic heterocycles. The smallest absolute Gasteiger partial charge is 0.357 e. The molecule has 0 atom stereocenters. The van der Waals surface area contributed by atoms with Crippen LogP contribution in [0.4, 0.5) is 0 Å². The zero-order valence-corrected chi connectivity index (χ0v) is 18.4. The quantitative estimate of drug-likeness (QED) is 0.460. The lowest BCUT2D eigenvalue weighted by Crippen LogP contribution is -2.28. The van der Waals surface area contributed by atoms with Gasteiger partial charge in [0, 0.05) is 29.1 Å². The molecule has 30 heavy (non-hydrogen) atoms. The number of pyridine rings is 1. The Labute approximate surface area is 178 Å². The van der Waals surface area contributed by atoms with E-state index in [0.717, 1.165) is 52.9 Å². The minimum Gasteiger partial charge on any atom is -0.464 e. The highest BCUT2D eigenvalue weighted by Crippen LogP contribution is 2.40. The van der Waals surface area contributed by atoms with E-state index in [2.05, 4.69) is 55.4 Å². The molecule has 3 rings (SSSR count). The van der Waals surface area contributed by atoms with Gasteiger partial charge in [0.2, 0.25) is 0 Å². The van der Waals surface area contributed by atoms with Gasteiger partial charge in [-0.2, -0.15) is 5.10 Å². The molecule has 2 aromatic rings. The first-order valence-corrected chi connectivity index (χ1v) is 10.4. The van der Waals surface area contributed by atoms with Gasteiger partial charge in [-0.05, 0) is 50.0 Å². The van der Waals surface area contributed by atoms with Crippen molar-refractivity contribution >= 4 is 23.5 Å². The number of nitrogens with zero attached hydrogens (tertiary/aromatic N) is 3. The van der Waals surface area contributed by atoms with Gasteiger partial charge in [0.15, 0.2) is 5.70 Å². The maximum atomic E-state index is 12.6. The molecule has 1 aliphatic heterocycles. The third kappa shape index (κ3) is 4.06. The van der Waals surface area contributed by atoms with Crippen LogP contribution in [0.3, 0.4) is 0 Å². The van der Waals surface area contributed by atoms with Crippen LogP contribution in [0.2, 0.25) is 0 Å². The highest BCUT2D eigenvalue weighted by atomic mass is 16.5. The summed E-state index contributed by atoms with van der Waals surface area (Å²) in [7, 11) is 1.39. The Morgan fingerprint density at radius 3 is 2.70 bits per heavy atom. The van der Waals surface area contributed by atoms with E-state index in [0.29, 0.717) is 5.70 Å². The lowest BCUT2D eigenvalue weighted by atomic mass is 9.92. The average Bonchev–Trinajstić information content (AvgIpc) is 2.76. The molecule has 0 saturated carbocycles. The number of aromatic nitrogens is 1. The topological polar surface area (TPSA) is 54.8 Å². The average molecular weight is 404 g/mol. The Morgan fingerprint density at radius 1 is 1.23 bits per heavy atom. The Morgan fingerprint density at radius 2 is 2.03 bits per heavy atom. The van der Waals surface area contributed by atoms with Crippen LogP contribution in [0, 0.1) is 0 Å². The minimum absolute atomic E-state index is 0.415. The monoisotopic (exact) mass is 403 g/mol. The van der Waals surface area contributed by atoms with Gasteiger partial charge in [-0.15, -0.1) is 0 Å². The highest BCUT2D eigenvalue weighted by molar-refractivity contribution is 6.02. The number of hydrogen-bond donors (Lipinski definition) is 0. The molecule has 0 fully saturated rings. The molecule has 5 heteroatoms. The number of benzene rings is 1. The number of hydrogen-bond acceptors (Lipinski definition) is 5. The predicted molar refractivity (Wildman–Crippen MR) is 123 cm³/mol. The summed E-state index contributed by atoms with van der Waals surface area (Å²) < 4.78 is 5.05. The van der Waals surface area contributed by atoms with E-state index in [1.54, 1.807) is 11.2 Å². The lowest BCUT2D eigenvalue weighted by Gasteiger charge is -2.31. The molecule has 0 radical (unpaired) electrons. The molecule has 0 aliphatic carbocycles. The number of rotatable bonds is 6. The predicted octanol–water partition coefficient (Wildman–Crippen LogP) is 5.68. The zero-order chi connectivity index (χ0) is 21.7. The normalized spacial score (nSPS) is 15.1. The second-order valence-corrected chi connectivity index (χ2v) is 7.21. The van der Waals surface area contributed by atoms with Crippen LogP contribution in [0.15, 0.2) is 53.4 Å². The van der Waals surface area contributed by atoms with E-state index in [-0.39, 0.29) is 0 Å². The molecule has 0 bridgehead atoms. The van der Waals surface area contributed by atoms with E-state index in [1.165, 1.54) is 12.7 Å². The van der Waals surface area contributed by atoms with Crippen molar-refractivity contribution < 1.29 is 9.53 Å². The van der Waals surface area contributed by atoms with Crippen molar-refractivity contribution in [2.75, 3.05) is 7.11 Å². The molecular formula is C25H29N3O2. The van der Waals surface area contributed by atoms with Crippen molar-refractivity contribution in [3.63, 3.8) is 0 Å². The van der Waals surface area contributed by atoms with E-state index >= 15 is 0 Å². The number of carbonyl (C=O) groups excluding carboxylic acids is 1. The Kier molecular flexibility index (Phi) is 6.83. The fourth-order valence-corrected chi connectivity index (χ4v) is 3.78. The van der Waals surface area contributed by atoms with Crippen molar-refractivity contribution in [3.05, 3.63) is 65.0 Å². The van der Waals surface area contributed by atoms with Gasteiger partial charge in [0.25, 0.3) is 0 Å². The maximum Gasteiger partial charge on any atom is 0.357 e. The Hall–Kier alpha value is -3.21. The highest BCUT2D eigenvalue weighted by Gasteiger charge is 2.32. The van der Waals surface area contributed by atoms with Gasteiger partial charge >= 0.3 is 5.97 Å². The standard InChI is InChI=1S/C25H29N3O2/c1-6-10-18-12-9-13-19(14-18)22-15-20-21(16-26-22)17(4)24(25(29)30-5)28(27-8-3)23(20)11-7-2/h8-9,11-16H,6-7,10H2,1-5H3/b23-11+,27-8-. The lowest BCUT2D eigenvalue weighted by molar-refractivity contribution is -0.137. The Balaban J connectivity index is 2.22. The van der Waals surface area contributed by atoms with Crippen molar-refractivity contribution in [2.24, 2.45) is 5.10 Å². The summed E-state index contributed by atoms with van der Waals surface area (Å²) in [6, 6.07) is 10.6. The van der Waals surface area contributed by atoms with Crippen molar-refractivity contribution in [1.82, 2.24) is 9.99 Å². The first kappa shape index (κ1) is 21.5. The minimum atomic E-state index is -0.415. The molecule has 156 valence electrons. The van der Waals surface area contributed by atoms with E-state index in [4.69, 9.17) is 9.72 Å².